The average molecular weight is 405 g/mol. The Hall–Kier alpha value is -2.45. The van der Waals surface area contributed by atoms with Crippen molar-refractivity contribution in [2.24, 2.45) is 0 Å². The molecule has 150 valence electrons. The molecule has 6 nitrogen and oxygen atoms in total. The Morgan fingerprint density at radius 3 is 2.64 bits per heavy atom. The molecule has 2 amide bonds. The Morgan fingerprint density at radius 2 is 1.89 bits per heavy atom. The lowest BCUT2D eigenvalue weighted by Gasteiger charge is -2.34. The van der Waals surface area contributed by atoms with Gasteiger partial charge in [-0.25, -0.2) is 17.6 Å². The highest BCUT2D eigenvalue weighted by atomic mass is 32.2. The fraction of sp³-hybridized carbons (Fsp3) is 0.350. The first-order valence-electron chi connectivity index (χ1n) is 9.28. The second-order valence-electron chi connectivity index (χ2n) is 6.85. The molecule has 1 atom stereocenters. The van der Waals surface area contributed by atoms with Gasteiger partial charge in [0, 0.05) is 24.8 Å². The minimum atomic E-state index is -3.61. The molecule has 2 aromatic carbocycles. The van der Waals surface area contributed by atoms with Crippen molar-refractivity contribution < 1.29 is 17.6 Å². The maximum Gasteiger partial charge on any atom is 0.319 e. The number of nitrogens with zero attached hydrogens (tertiary/aromatic N) is 1. The van der Waals surface area contributed by atoms with Gasteiger partial charge >= 0.3 is 6.03 Å². The minimum Gasteiger partial charge on any atom is -0.336 e. The Kier molecular flexibility index (Phi) is 6.64. The zero-order valence-electron chi connectivity index (χ0n) is 15.5. The molecule has 1 saturated heterocycles. The van der Waals surface area contributed by atoms with Crippen LogP contribution in [0.5, 0.6) is 0 Å². The van der Waals surface area contributed by atoms with E-state index in [9.17, 15) is 17.6 Å². The Labute approximate surface area is 164 Å². The van der Waals surface area contributed by atoms with E-state index in [4.69, 9.17) is 0 Å². The summed E-state index contributed by atoms with van der Waals surface area (Å²) in [5, 5.41) is 5.48. The largest absolute Gasteiger partial charge is 0.336 e. The molecule has 3 rings (SSSR count). The number of urea groups is 1. The van der Waals surface area contributed by atoms with Crippen molar-refractivity contribution >= 4 is 21.7 Å². The number of rotatable bonds is 6. The second-order valence-corrected chi connectivity index (χ2v) is 8.77. The summed E-state index contributed by atoms with van der Waals surface area (Å²) in [7, 11) is -3.61. The number of carbonyl (C=O) groups is 1. The van der Waals surface area contributed by atoms with Gasteiger partial charge in [-0.3, -0.25) is 0 Å². The molecule has 0 aliphatic carbocycles. The van der Waals surface area contributed by atoms with E-state index in [1.807, 2.05) is 18.2 Å². The Bertz CT molecular complexity index is 906. The van der Waals surface area contributed by atoms with E-state index in [-0.39, 0.29) is 24.4 Å². The predicted octanol–water partition coefficient (Wildman–Crippen LogP) is 3.33. The zero-order valence-corrected chi connectivity index (χ0v) is 16.3. The normalized spacial score (nSPS) is 17.8. The maximum absolute atomic E-state index is 13.4. The SMILES string of the molecule is O=C(NCC1CCCCN1S(=O)(=O)Cc1cccc(F)c1)Nc1ccccc1. The van der Waals surface area contributed by atoms with Crippen LogP contribution in [-0.2, 0) is 15.8 Å². The van der Waals surface area contributed by atoms with Gasteiger partial charge in [0.1, 0.15) is 5.82 Å². The number of sulfonamides is 1. The molecular formula is C20H24FN3O3S. The van der Waals surface area contributed by atoms with Crippen molar-refractivity contribution in [3.05, 3.63) is 66.0 Å². The number of amides is 2. The van der Waals surface area contributed by atoms with E-state index in [1.165, 1.54) is 22.5 Å². The van der Waals surface area contributed by atoms with Gasteiger partial charge in [0.05, 0.1) is 5.75 Å². The van der Waals surface area contributed by atoms with Crippen LogP contribution in [0.15, 0.2) is 54.6 Å². The summed E-state index contributed by atoms with van der Waals surface area (Å²) < 4.78 is 40.6. The third kappa shape index (κ3) is 5.53. The predicted molar refractivity (Wildman–Crippen MR) is 107 cm³/mol. The van der Waals surface area contributed by atoms with Gasteiger partial charge in [-0.05, 0) is 42.7 Å². The molecule has 8 heteroatoms. The monoisotopic (exact) mass is 405 g/mol. The van der Waals surface area contributed by atoms with Crippen molar-refractivity contribution in [1.82, 2.24) is 9.62 Å². The van der Waals surface area contributed by atoms with Crippen molar-refractivity contribution in [2.45, 2.75) is 31.1 Å². The summed E-state index contributed by atoms with van der Waals surface area (Å²) in [5.74, 6) is -0.709. The van der Waals surface area contributed by atoms with Crippen LogP contribution in [0.2, 0.25) is 0 Å². The first kappa shape index (κ1) is 20.3. The first-order valence-corrected chi connectivity index (χ1v) is 10.9. The lowest BCUT2D eigenvalue weighted by molar-refractivity contribution is 0.231. The lowest BCUT2D eigenvalue weighted by Crippen LogP contribution is -2.50. The molecule has 0 radical (unpaired) electrons. The molecule has 0 bridgehead atoms. The van der Waals surface area contributed by atoms with Gasteiger partial charge in [-0.15, -0.1) is 0 Å². The van der Waals surface area contributed by atoms with Gasteiger partial charge in [0.2, 0.25) is 10.0 Å². The van der Waals surface area contributed by atoms with Gasteiger partial charge in [-0.2, -0.15) is 4.31 Å². The lowest BCUT2D eigenvalue weighted by atomic mass is 10.1. The van der Waals surface area contributed by atoms with Gasteiger partial charge in [-0.1, -0.05) is 36.8 Å². The van der Waals surface area contributed by atoms with Crippen LogP contribution < -0.4 is 10.6 Å². The standard InChI is InChI=1S/C20H24FN3O3S/c21-17-8-6-7-16(13-17)15-28(26,27)24-12-5-4-11-19(24)14-22-20(25)23-18-9-2-1-3-10-18/h1-3,6-10,13,19H,4-5,11-12,14-15H2,(H2,22,23,25). The van der Waals surface area contributed by atoms with Crippen LogP contribution in [0, 0.1) is 5.82 Å². The number of piperidine rings is 1. The molecule has 0 aromatic heterocycles. The third-order valence-electron chi connectivity index (χ3n) is 4.70. The summed E-state index contributed by atoms with van der Waals surface area (Å²) >= 11 is 0. The number of halogens is 1. The molecule has 1 fully saturated rings. The molecule has 2 aromatic rings. The number of hydrogen-bond donors (Lipinski definition) is 2. The molecule has 1 aliphatic rings. The van der Waals surface area contributed by atoms with Gasteiger partial charge in [0.15, 0.2) is 0 Å². The number of carbonyl (C=O) groups excluding carboxylic acids is 1. The highest BCUT2D eigenvalue weighted by Crippen LogP contribution is 2.23. The van der Waals surface area contributed by atoms with Crippen molar-refractivity contribution in [2.75, 3.05) is 18.4 Å². The molecule has 1 unspecified atom stereocenters. The van der Waals surface area contributed by atoms with E-state index >= 15 is 0 Å². The van der Waals surface area contributed by atoms with E-state index in [0.717, 1.165) is 12.8 Å². The summed E-state index contributed by atoms with van der Waals surface area (Å²) in [6.07, 6.45) is 2.35. The Morgan fingerprint density at radius 1 is 1.11 bits per heavy atom. The van der Waals surface area contributed by atoms with Crippen molar-refractivity contribution in [3.8, 4) is 0 Å². The highest BCUT2D eigenvalue weighted by Gasteiger charge is 2.32. The third-order valence-corrected chi connectivity index (χ3v) is 6.59. The van der Waals surface area contributed by atoms with Crippen LogP contribution in [0.25, 0.3) is 0 Å². The molecule has 0 spiro atoms. The summed E-state index contributed by atoms with van der Waals surface area (Å²) in [5.41, 5.74) is 1.08. The number of hydrogen-bond acceptors (Lipinski definition) is 3. The summed E-state index contributed by atoms with van der Waals surface area (Å²) in [4.78, 5) is 12.1. The Balaban J connectivity index is 1.62. The molecule has 1 heterocycles. The quantitative estimate of drug-likeness (QED) is 0.774. The highest BCUT2D eigenvalue weighted by molar-refractivity contribution is 7.88. The van der Waals surface area contributed by atoms with E-state index in [2.05, 4.69) is 10.6 Å². The number of nitrogens with one attached hydrogen (secondary N) is 2. The van der Waals surface area contributed by atoms with Crippen LogP contribution in [0.4, 0.5) is 14.9 Å². The van der Waals surface area contributed by atoms with E-state index in [1.54, 1.807) is 18.2 Å². The average Bonchev–Trinajstić information content (AvgIpc) is 2.67. The number of anilines is 1. The first-order chi connectivity index (χ1) is 13.4. The van der Waals surface area contributed by atoms with Crippen molar-refractivity contribution in [1.29, 1.82) is 0 Å². The molecule has 0 saturated carbocycles. The van der Waals surface area contributed by atoms with Gasteiger partial charge in [0.25, 0.3) is 0 Å². The molecule has 1 aliphatic heterocycles. The second kappa shape index (κ2) is 9.16. The number of para-hydroxylation sites is 1. The topological polar surface area (TPSA) is 78.5 Å². The molecule has 2 N–H and O–H groups in total. The fourth-order valence-corrected chi connectivity index (χ4v) is 5.18. The minimum absolute atomic E-state index is 0.223. The summed E-state index contributed by atoms with van der Waals surface area (Å²) in [6.45, 7) is 0.630. The van der Waals surface area contributed by atoms with Crippen LogP contribution in [0.1, 0.15) is 24.8 Å². The fourth-order valence-electron chi connectivity index (χ4n) is 3.37. The zero-order chi connectivity index (χ0) is 20.0. The smallest absolute Gasteiger partial charge is 0.319 e. The van der Waals surface area contributed by atoms with Gasteiger partial charge < -0.3 is 10.6 Å². The van der Waals surface area contributed by atoms with E-state index < -0.39 is 15.8 Å². The maximum atomic E-state index is 13.4. The van der Waals surface area contributed by atoms with Crippen molar-refractivity contribution in [3.63, 3.8) is 0 Å². The molecular weight excluding hydrogens is 381 g/mol. The summed E-state index contributed by atoms with van der Waals surface area (Å²) in [6, 6.07) is 14.0. The van der Waals surface area contributed by atoms with Crippen LogP contribution in [-0.4, -0.2) is 37.9 Å². The number of benzene rings is 2. The molecule has 28 heavy (non-hydrogen) atoms. The van der Waals surface area contributed by atoms with E-state index in [0.29, 0.717) is 24.2 Å². The van der Waals surface area contributed by atoms with Crippen LogP contribution in [0.3, 0.4) is 0 Å². The van der Waals surface area contributed by atoms with Crippen LogP contribution >= 0.6 is 0 Å².